The smallest absolute Gasteiger partial charge is 0.148 e. The summed E-state index contributed by atoms with van der Waals surface area (Å²) in [5, 5.41) is 0. The van der Waals surface area contributed by atoms with Crippen LogP contribution in [0.2, 0.25) is 0 Å². The van der Waals surface area contributed by atoms with Gasteiger partial charge in [0.25, 0.3) is 0 Å². The Morgan fingerprint density at radius 2 is 2.18 bits per heavy atom. The zero-order valence-corrected chi connectivity index (χ0v) is 11.2. The molecule has 0 amide bonds. The molecule has 0 fully saturated rings. The van der Waals surface area contributed by atoms with E-state index in [4.69, 9.17) is 22.7 Å². The molecule has 0 bridgehead atoms. The van der Waals surface area contributed by atoms with Gasteiger partial charge in [-0.2, -0.15) is 0 Å². The van der Waals surface area contributed by atoms with Crippen LogP contribution in [-0.4, -0.2) is 41.1 Å². The molecule has 4 nitrogen and oxygen atoms in total. The summed E-state index contributed by atoms with van der Waals surface area (Å²) in [5.74, 6) is 0.659. The van der Waals surface area contributed by atoms with Crippen LogP contribution in [0.4, 0.5) is 0 Å². The molecular weight excluding hydrogens is 234 g/mol. The summed E-state index contributed by atoms with van der Waals surface area (Å²) in [7, 11) is 0. The van der Waals surface area contributed by atoms with Crippen LogP contribution < -0.4 is 10.5 Å². The molecule has 1 aromatic rings. The van der Waals surface area contributed by atoms with Gasteiger partial charge in [-0.15, -0.1) is 0 Å². The van der Waals surface area contributed by atoms with Gasteiger partial charge in [-0.25, -0.2) is 4.98 Å². The lowest BCUT2D eigenvalue weighted by Gasteiger charge is -2.18. The van der Waals surface area contributed by atoms with Crippen LogP contribution in [-0.2, 0) is 0 Å². The van der Waals surface area contributed by atoms with Crippen molar-refractivity contribution >= 4 is 17.2 Å². The fourth-order valence-corrected chi connectivity index (χ4v) is 1.67. The van der Waals surface area contributed by atoms with Crippen LogP contribution >= 0.6 is 12.2 Å². The van der Waals surface area contributed by atoms with Crippen LogP contribution in [0.1, 0.15) is 19.5 Å². The molecule has 0 aromatic carbocycles. The van der Waals surface area contributed by atoms with Crippen LogP contribution in [0, 0.1) is 0 Å². The molecule has 1 aromatic heterocycles. The quantitative estimate of drug-likeness (QED) is 0.745. The molecule has 17 heavy (non-hydrogen) atoms. The summed E-state index contributed by atoms with van der Waals surface area (Å²) in [6.07, 6.45) is 1.66. The Balaban J connectivity index is 2.54. The highest BCUT2D eigenvalue weighted by molar-refractivity contribution is 7.80. The van der Waals surface area contributed by atoms with Crippen molar-refractivity contribution < 1.29 is 4.74 Å². The topological polar surface area (TPSA) is 51.4 Å². The molecule has 5 heteroatoms. The summed E-state index contributed by atoms with van der Waals surface area (Å²) in [6, 6.07) is 3.65. The lowest BCUT2D eigenvalue weighted by atomic mass is 10.3. The Bertz CT molecular complexity index is 367. The number of nitrogens with two attached hydrogens (primary N) is 1. The molecule has 0 saturated heterocycles. The fourth-order valence-electron chi connectivity index (χ4n) is 1.52. The maximum atomic E-state index is 5.66. The number of ether oxygens (including phenoxy) is 1. The average molecular weight is 253 g/mol. The van der Waals surface area contributed by atoms with Crippen molar-refractivity contribution in [1.82, 2.24) is 9.88 Å². The molecule has 0 atom stereocenters. The molecule has 94 valence electrons. The largest absolute Gasteiger partial charge is 0.490 e. The summed E-state index contributed by atoms with van der Waals surface area (Å²) >= 11 is 4.92. The van der Waals surface area contributed by atoms with Crippen molar-refractivity contribution in [1.29, 1.82) is 0 Å². The van der Waals surface area contributed by atoms with Gasteiger partial charge in [0, 0.05) is 12.7 Å². The van der Waals surface area contributed by atoms with E-state index < -0.39 is 0 Å². The van der Waals surface area contributed by atoms with Crippen LogP contribution in [0.25, 0.3) is 0 Å². The molecule has 0 unspecified atom stereocenters. The number of likely N-dealkylation sites (N-methyl/N-ethyl adjacent to an activating group) is 1. The molecule has 0 aliphatic carbocycles. The zero-order valence-electron chi connectivity index (χ0n) is 10.3. The monoisotopic (exact) mass is 253 g/mol. The molecular formula is C12H19N3OS. The normalized spacial score (nSPS) is 10.5. The lowest BCUT2D eigenvalue weighted by Crippen LogP contribution is -2.28. The second-order valence-electron chi connectivity index (χ2n) is 3.59. The van der Waals surface area contributed by atoms with E-state index in [1.807, 2.05) is 12.1 Å². The zero-order chi connectivity index (χ0) is 12.7. The first-order valence-corrected chi connectivity index (χ1v) is 6.19. The highest BCUT2D eigenvalue weighted by Gasteiger charge is 2.07. The summed E-state index contributed by atoms with van der Waals surface area (Å²) in [6.45, 7) is 7.81. The number of pyridine rings is 1. The number of hydrogen-bond donors (Lipinski definition) is 1. The Morgan fingerprint density at radius 1 is 1.47 bits per heavy atom. The van der Waals surface area contributed by atoms with E-state index in [0.717, 1.165) is 19.6 Å². The van der Waals surface area contributed by atoms with E-state index in [-0.39, 0.29) is 4.99 Å². The molecule has 0 saturated carbocycles. The summed E-state index contributed by atoms with van der Waals surface area (Å²) < 4.78 is 5.66. The highest BCUT2D eigenvalue weighted by Crippen LogP contribution is 2.14. The minimum atomic E-state index is 0.267. The molecule has 1 rings (SSSR count). The second kappa shape index (κ2) is 7.19. The molecule has 0 spiro atoms. The number of aromatic nitrogens is 1. The summed E-state index contributed by atoms with van der Waals surface area (Å²) in [5.41, 5.74) is 6.13. The maximum Gasteiger partial charge on any atom is 0.148 e. The van der Waals surface area contributed by atoms with Gasteiger partial charge in [-0.1, -0.05) is 26.1 Å². The Kier molecular flexibility index (Phi) is 5.86. The van der Waals surface area contributed by atoms with Gasteiger partial charge >= 0.3 is 0 Å². The standard InChI is InChI=1S/C12H19N3OS/c1-3-15(4-2)8-9-16-10-6-5-7-14-11(10)12(13)17/h5-7H,3-4,8-9H2,1-2H3,(H2,13,17). The van der Waals surface area contributed by atoms with Gasteiger partial charge in [0.05, 0.1) is 0 Å². The van der Waals surface area contributed by atoms with E-state index in [1.165, 1.54) is 0 Å². The fraction of sp³-hybridized carbons (Fsp3) is 0.500. The highest BCUT2D eigenvalue weighted by atomic mass is 32.1. The second-order valence-corrected chi connectivity index (χ2v) is 4.03. The van der Waals surface area contributed by atoms with E-state index in [1.54, 1.807) is 6.20 Å². The van der Waals surface area contributed by atoms with Crippen LogP contribution in [0.15, 0.2) is 18.3 Å². The van der Waals surface area contributed by atoms with Crippen LogP contribution in [0.3, 0.4) is 0 Å². The minimum Gasteiger partial charge on any atom is -0.490 e. The number of thiocarbonyl (C=S) groups is 1. The number of hydrogen-bond acceptors (Lipinski definition) is 4. The molecule has 1 heterocycles. The predicted octanol–water partition coefficient (Wildman–Crippen LogP) is 1.44. The number of nitrogens with zero attached hydrogens (tertiary/aromatic N) is 2. The lowest BCUT2D eigenvalue weighted by molar-refractivity contribution is 0.222. The minimum absolute atomic E-state index is 0.267. The van der Waals surface area contributed by atoms with Crippen molar-refractivity contribution in [3.63, 3.8) is 0 Å². The number of rotatable bonds is 7. The van der Waals surface area contributed by atoms with Crippen molar-refractivity contribution in [2.45, 2.75) is 13.8 Å². The van der Waals surface area contributed by atoms with Crippen molar-refractivity contribution in [2.24, 2.45) is 5.73 Å². The summed E-state index contributed by atoms with van der Waals surface area (Å²) in [4.78, 5) is 6.67. The SMILES string of the molecule is CCN(CC)CCOc1cccnc1C(N)=S. The molecule has 0 radical (unpaired) electrons. The van der Waals surface area contributed by atoms with Crippen molar-refractivity contribution in [3.05, 3.63) is 24.0 Å². The van der Waals surface area contributed by atoms with Gasteiger partial charge in [-0.3, -0.25) is 0 Å². The van der Waals surface area contributed by atoms with Crippen LogP contribution in [0.5, 0.6) is 5.75 Å². The third-order valence-electron chi connectivity index (χ3n) is 2.56. The Hall–Kier alpha value is -1.20. The molecule has 2 N–H and O–H groups in total. The third-order valence-corrected chi connectivity index (χ3v) is 2.76. The first-order chi connectivity index (χ1) is 8.19. The van der Waals surface area contributed by atoms with E-state index >= 15 is 0 Å². The molecule has 0 aliphatic rings. The Morgan fingerprint density at radius 3 is 2.76 bits per heavy atom. The van der Waals surface area contributed by atoms with E-state index in [9.17, 15) is 0 Å². The maximum absolute atomic E-state index is 5.66. The predicted molar refractivity (Wildman–Crippen MR) is 73.4 cm³/mol. The van der Waals surface area contributed by atoms with Gasteiger partial charge < -0.3 is 15.4 Å². The molecule has 0 aliphatic heterocycles. The first-order valence-electron chi connectivity index (χ1n) is 5.79. The average Bonchev–Trinajstić information content (AvgIpc) is 2.35. The van der Waals surface area contributed by atoms with Crippen molar-refractivity contribution in [3.8, 4) is 5.75 Å². The van der Waals surface area contributed by atoms with Gasteiger partial charge in [-0.05, 0) is 25.2 Å². The van der Waals surface area contributed by atoms with Gasteiger partial charge in [0.15, 0.2) is 0 Å². The van der Waals surface area contributed by atoms with E-state index in [0.29, 0.717) is 18.1 Å². The van der Waals surface area contributed by atoms with Gasteiger partial charge in [0.1, 0.15) is 23.0 Å². The van der Waals surface area contributed by atoms with Gasteiger partial charge in [0.2, 0.25) is 0 Å². The van der Waals surface area contributed by atoms with E-state index in [2.05, 4.69) is 23.7 Å². The van der Waals surface area contributed by atoms with Crippen molar-refractivity contribution in [2.75, 3.05) is 26.2 Å². The Labute approximate surface area is 108 Å². The first kappa shape index (κ1) is 13.9. The third kappa shape index (κ3) is 4.28.